The highest BCUT2D eigenvalue weighted by molar-refractivity contribution is 7.17. The number of carbonyl (C=O) groups excluding carboxylic acids is 3. The molecule has 1 aromatic heterocycles. The minimum Gasteiger partial charge on any atom is -0.497 e. The van der Waals surface area contributed by atoms with Crippen LogP contribution >= 0.6 is 11.3 Å². The third-order valence-electron chi connectivity index (χ3n) is 4.87. The van der Waals surface area contributed by atoms with Gasteiger partial charge < -0.3 is 20.3 Å². The van der Waals surface area contributed by atoms with Crippen molar-refractivity contribution in [3.63, 3.8) is 0 Å². The molecule has 3 heterocycles. The Balaban J connectivity index is 1.45. The monoisotopic (exact) mass is 400 g/mol. The van der Waals surface area contributed by atoms with Gasteiger partial charge in [-0.15, -0.1) is 0 Å². The summed E-state index contributed by atoms with van der Waals surface area (Å²) >= 11 is 1.18. The van der Waals surface area contributed by atoms with E-state index in [1.807, 2.05) is 12.1 Å². The summed E-state index contributed by atoms with van der Waals surface area (Å²) in [4.78, 5) is 43.7. The van der Waals surface area contributed by atoms with E-state index < -0.39 is 5.92 Å². The lowest BCUT2D eigenvalue weighted by molar-refractivity contribution is -0.122. The van der Waals surface area contributed by atoms with Gasteiger partial charge in [-0.3, -0.25) is 14.4 Å². The average Bonchev–Trinajstić information content (AvgIpc) is 3.24. The Hall–Kier alpha value is -2.94. The van der Waals surface area contributed by atoms with Crippen LogP contribution in [-0.2, 0) is 16.0 Å². The standard InChI is InChI=1S/C19H20N4O4S/c1-27-13-5-2-4-12(9-13)23-10-11(8-15(23)24)17(25)22-19-21-14-6-3-7-20-18(26)16(14)28-19/h2,4-5,9,11H,3,6-8,10H2,1H3,(H,20,26)(H,21,22,25). The number of benzene rings is 1. The third-order valence-corrected chi connectivity index (χ3v) is 5.88. The van der Waals surface area contributed by atoms with Crippen LogP contribution in [0.25, 0.3) is 0 Å². The molecule has 0 saturated carbocycles. The zero-order chi connectivity index (χ0) is 19.7. The molecule has 2 aromatic rings. The number of amides is 3. The van der Waals surface area contributed by atoms with E-state index in [2.05, 4.69) is 15.6 Å². The summed E-state index contributed by atoms with van der Waals surface area (Å²) in [5, 5.41) is 6.00. The van der Waals surface area contributed by atoms with E-state index in [9.17, 15) is 14.4 Å². The lowest BCUT2D eigenvalue weighted by Gasteiger charge is -2.17. The summed E-state index contributed by atoms with van der Waals surface area (Å²) in [5.74, 6) is -0.339. The molecule has 8 nitrogen and oxygen atoms in total. The third kappa shape index (κ3) is 3.57. The number of nitrogens with one attached hydrogen (secondary N) is 2. The summed E-state index contributed by atoms with van der Waals surface area (Å²) in [7, 11) is 1.57. The fraction of sp³-hybridized carbons (Fsp3) is 0.368. The molecule has 4 rings (SSSR count). The van der Waals surface area contributed by atoms with Crippen LogP contribution in [0, 0.1) is 5.92 Å². The van der Waals surface area contributed by atoms with E-state index in [1.54, 1.807) is 24.1 Å². The smallest absolute Gasteiger partial charge is 0.263 e. The molecule has 1 fully saturated rings. The maximum absolute atomic E-state index is 12.7. The molecule has 0 bridgehead atoms. The van der Waals surface area contributed by atoms with Crippen LogP contribution in [0.15, 0.2) is 24.3 Å². The van der Waals surface area contributed by atoms with Crippen LogP contribution in [0.1, 0.15) is 28.2 Å². The van der Waals surface area contributed by atoms with Gasteiger partial charge in [-0.05, 0) is 25.0 Å². The number of carbonyl (C=O) groups is 3. The van der Waals surface area contributed by atoms with Gasteiger partial charge in [0.15, 0.2) is 5.13 Å². The molecular formula is C19H20N4O4S. The fourth-order valence-corrected chi connectivity index (χ4v) is 4.34. The highest BCUT2D eigenvalue weighted by atomic mass is 32.1. The maximum atomic E-state index is 12.7. The number of rotatable bonds is 4. The quantitative estimate of drug-likeness (QED) is 0.815. The van der Waals surface area contributed by atoms with Crippen molar-refractivity contribution in [3.8, 4) is 5.75 Å². The van der Waals surface area contributed by atoms with Crippen molar-refractivity contribution in [3.05, 3.63) is 34.8 Å². The van der Waals surface area contributed by atoms with Gasteiger partial charge in [0.25, 0.3) is 5.91 Å². The first kappa shape index (κ1) is 18.4. The lowest BCUT2D eigenvalue weighted by atomic mass is 10.1. The van der Waals surface area contributed by atoms with E-state index in [-0.39, 0.29) is 24.1 Å². The molecule has 146 valence electrons. The lowest BCUT2D eigenvalue weighted by Crippen LogP contribution is -2.28. The van der Waals surface area contributed by atoms with Crippen LogP contribution < -0.4 is 20.3 Å². The molecule has 28 heavy (non-hydrogen) atoms. The summed E-state index contributed by atoms with van der Waals surface area (Å²) in [6.45, 7) is 0.928. The van der Waals surface area contributed by atoms with E-state index in [4.69, 9.17) is 4.74 Å². The second kappa shape index (κ2) is 7.59. The highest BCUT2D eigenvalue weighted by Crippen LogP contribution is 2.30. The number of methoxy groups -OCH3 is 1. The molecule has 2 aliphatic heterocycles. The zero-order valence-electron chi connectivity index (χ0n) is 15.4. The molecule has 0 spiro atoms. The van der Waals surface area contributed by atoms with E-state index in [0.29, 0.717) is 41.0 Å². The summed E-state index contributed by atoms with van der Waals surface area (Å²) in [6.07, 6.45) is 1.66. The SMILES string of the molecule is COc1cccc(N2CC(C(=O)Nc3nc4c(s3)C(=O)NCCC4)CC2=O)c1. The van der Waals surface area contributed by atoms with E-state index >= 15 is 0 Å². The van der Waals surface area contributed by atoms with Crippen LogP contribution in [0.5, 0.6) is 5.75 Å². The normalized spacial score (nSPS) is 19.0. The summed E-state index contributed by atoms with van der Waals surface area (Å²) < 4.78 is 5.20. The molecule has 1 unspecified atom stereocenters. The largest absolute Gasteiger partial charge is 0.497 e. The van der Waals surface area contributed by atoms with Crippen LogP contribution in [0.2, 0.25) is 0 Å². The number of aryl methyl sites for hydroxylation is 1. The Morgan fingerprint density at radius 3 is 3.07 bits per heavy atom. The van der Waals surface area contributed by atoms with Crippen molar-refractivity contribution in [1.29, 1.82) is 0 Å². The topological polar surface area (TPSA) is 101 Å². The number of nitrogens with zero attached hydrogens (tertiary/aromatic N) is 2. The van der Waals surface area contributed by atoms with Crippen LogP contribution in [-0.4, -0.2) is 42.9 Å². The van der Waals surface area contributed by atoms with Gasteiger partial charge in [-0.1, -0.05) is 17.4 Å². The van der Waals surface area contributed by atoms with Gasteiger partial charge in [0.2, 0.25) is 11.8 Å². The first-order chi connectivity index (χ1) is 13.5. The number of aromatic nitrogens is 1. The van der Waals surface area contributed by atoms with E-state index in [1.165, 1.54) is 11.3 Å². The molecule has 0 radical (unpaired) electrons. The first-order valence-corrected chi connectivity index (χ1v) is 9.90. The number of fused-ring (bicyclic) bond motifs is 1. The molecule has 9 heteroatoms. The predicted molar refractivity (Wildman–Crippen MR) is 105 cm³/mol. The van der Waals surface area contributed by atoms with Crippen molar-refractivity contribution in [1.82, 2.24) is 10.3 Å². The Morgan fingerprint density at radius 1 is 1.39 bits per heavy atom. The number of hydrogen-bond donors (Lipinski definition) is 2. The van der Waals surface area contributed by atoms with Crippen molar-refractivity contribution in [2.75, 3.05) is 30.4 Å². The molecular weight excluding hydrogens is 380 g/mol. The maximum Gasteiger partial charge on any atom is 0.263 e. The summed E-state index contributed by atoms with van der Waals surface area (Å²) in [6, 6.07) is 7.20. The Kier molecular flexibility index (Phi) is 4.99. The number of thiazole rings is 1. The van der Waals surface area contributed by atoms with Gasteiger partial charge in [0.1, 0.15) is 10.6 Å². The van der Waals surface area contributed by atoms with Gasteiger partial charge in [0.05, 0.1) is 18.7 Å². The van der Waals surface area contributed by atoms with Crippen molar-refractivity contribution < 1.29 is 19.1 Å². The molecule has 0 aliphatic carbocycles. The zero-order valence-corrected chi connectivity index (χ0v) is 16.2. The summed E-state index contributed by atoms with van der Waals surface area (Å²) in [5.41, 5.74) is 1.42. The highest BCUT2D eigenvalue weighted by Gasteiger charge is 2.36. The average molecular weight is 400 g/mol. The second-order valence-electron chi connectivity index (χ2n) is 6.75. The Bertz CT molecular complexity index is 942. The van der Waals surface area contributed by atoms with Gasteiger partial charge in [0, 0.05) is 31.3 Å². The fourth-order valence-electron chi connectivity index (χ4n) is 3.41. The molecule has 2 aliphatic rings. The molecule has 2 N–H and O–H groups in total. The second-order valence-corrected chi connectivity index (χ2v) is 7.75. The minimum atomic E-state index is -0.476. The number of hydrogen-bond acceptors (Lipinski definition) is 6. The van der Waals surface area contributed by atoms with Crippen molar-refractivity contribution in [2.24, 2.45) is 5.92 Å². The van der Waals surface area contributed by atoms with Crippen molar-refractivity contribution >= 4 is 39.9 Å². The molecule has 1 saturated heterocycles. The number of ether oxygens (including phenoxy) is 1. The van der Waals surface area contributed by atoms with Gasteiger partial charge in [-0.25, -0.2) is 4.98 Å². The van der Waals surface area contributed by atoms with Crippen LogP contribution in [0.3, 0.4) is 0 Å². The van der Waals surface area contributed by atoms with Gasteiger partial charge in [-0.2, -0.15) is 0 Å². The van der Waals surface area contributed by atoms with Crippen molar-refractivity contribution in [2.45, 2.75) is 19.3 Å². The Labute approximate surface area is 165 Å². The molecule has 1 atom stereocenters. The predicted octanol–water partition coefficient (Wildman–Crippen LogP) is 1.82. The minimum absolute atomic E-state index is 0.109. The van der Waals surface area contributed by atoms with Gasteiger partial charge >= 0.3 is 0 Å². The Morgan fingerprint density at radius 2 is 2.25 bits per heavy atom. The number of anilines is 2. The first-order valence-electron chi connectivity index (χ1n) is 9.08. The molecule has 1 aromatic carbocycles. The van der Waals surface area contributed by atoms with Crippen LogP contribution in [0.4, 0.5) is 10.8 Å². The van der Waals surface area contributed by atoms with E-state index in [0.717, 1.165) is 12.1 Å². The molecule has 3 amide bonds.